The highest BCUT2D eigenvalue weighted by atomic mass is 15.2. The summed E-state index contributed by atoms with van der Waals surface area (Å²) in [7, 11) is 2.22. The van der Waals surface area contributed by atoms with Crippen LogP contribution < -0.4 is 5.73 Å². The van der Waals surface area contributed by atoms with Crippen molar-refractivity contribution in [1.82, 2.24) is 9.80 Å². The fourth-order valence-corrected chi connectivity index (χ4v) is 3.83. The molecule has 0 spiro atoms. The number of likely N-dealkylation sites (N-methyl/N-ethyl adjacent to an activating group) is 1. The summed E-state index contributed by atoms with van der Waals surface area (Å²) < 4.78 is 0. The van der Waals surface area contributed by atoms with Crippen molar-refractivity contribution >= 4 is 0 Å². The Kier molecular flexibility index (Phi) is 3.61. The second kappa shape index (κ2) is 5.23. The van der Waals surface area contributed by atoms with E-state index in [1.807, 2.05) is 0 Å². The molecule has 1 saturated heterocycles. The molecule has 19 heavy (non-hydrogen) atoms. The van der Waals surface area contributed by atoms with Gasteiger partial charge in [-0.1, -0.05) is 18.2 Å². The molecule has 2 N–H and O–H groups in total. The van der Waals surface area contributed by atoms with Crippen LogP contribution in [-0.4, -0.2) is 43.0 Å². The van der Waals surface area contributed by atoms with Crippen LogP contribution in [0.1, 0.15) is 41.6 Å². The van der Waals surface area contributed by atoms with Gasteiger partial charge < -0.3 is 5.73 Å². The second-order valence-corrected chi connectivity index (χ2v) is 6.03. The fraction of sp³-hybridized carbons (Fsp3) is 0.625. The highest BCUT2D eigenvalue weighted by Crippen LogP contribution is 2.39. The van der Waals surface area contributed by atoms with Crippen molar-refractivity contribution in [2.24, 2.45) is 5.73 Å². The minimum atomic E-state index is 0.384. The van der Waals surface area contributed by atoms with E-state index in [1.54, 1.807) is 0 Å². The molecule has 104 valence electrons. The van der Waals surface area contributed by atoms with Gasteiger partial charge in [0.2, 0.25) is 0 Å². The molecule has 2 heterocycles. The largest absolute Gasteiger partial charge is 0.329 e. The Bertz CT molecular complexity index is 451. The average molecular weight is 259 g/mol. The van der Waals surface area contributed by atoms with Crippen LogP contribution >= 0.6 is 0 Å². The molecule has 3 rings (SSSR count). The highest BCUT2D eigenvalue weighted by Gasteiger charge is 2.35. The zero-order chi connectivity index (χ0) is 13.4. The van der Waals surface area contributed by atoms with E-state index in [2.05, 4.69) is 42.0 Å². The summed E-state index contributed by atoms with van der Waals surface area (Å²) in [5.74, 6) is 0. The van der Waals surface area contributed by atoms with Crippen molar-refractivity contribution in [2.45, 2.75) is 31.8 Å². The Hall–Kier alpha value is -0.900. The summed E-state index contributed by atoms with van der Waals surface area (Å²) in [6.45, 7) is 6.54. The molecule has 0 bridgehead atoms. The van der Waals surface area contributed by atoms with Gasteiger partial charge >= 0.3 is 0 Å². The van der Waals surface area contributed by atoms with Gasteiger partial charge in [-0.2, -0.15) is 0 Å². The van der Waals surface area contributed by atoms with Crippen molar-refractivity contribution in [2.75, 3.05) is 33.2 Å². The Balaban J connectivity index is 2.03. The standard InChI is InChI=1S/C16H25N3/c1-12-6-5-7-13-15(19-8-3-4-9-19)11-18(2)14(10-17)16(12)13/h5-7,14-15H,3-4,8-11,17H2,1-2H3. The quantitative estimate of drug-likeness (QED) is 0.882. The van der Waals surface area contributed by atoms with Gasteiger partial charge in [-0.25, -0.2) is 0 Å². The van der Waals surface area contributed by atoms with Gasteiger partial charge in [-0.3, -0.25) is 9.80 Å². The zero-order valence-corrected chi connectivity index (χ0v) is 12.1. The van der Waals surface area contributed by atoms with Crippen LogP contribution in [0.3, 0.4) is 0 Å². The molecule has 2 aliphatic heterocycles. The number of nitrogens with two attached hydrogens (primary N) is 1. The van der Waals surface area contributed by atoms with Gasteiger partial charge in [0.25, 0.3) is 0 Å². The smallest absolute Gasteiger partial charge is 0.0478 e. The van der Waals surface area contributed by atoms with Crippen LogP contribution in [0.2, 0.25) is 0 Å². The van der Waals surface area contributed by atoms with Crippen LogP contribution in [0.5, 0.6) is 0 Å². The van der Waals surface area contributed by atoms with E-state index in [1.165, 1.54) is 42.6 Å². The van der Waals surface area contributed by atoms with Crippen molar-refractivity contribution < 1.29 is 0 Å². The predicted molar refractivity (Wildman–Crippen MR) is 79.2 cm³/mol. The Morgan fingerprint density at radius 1 is 1.26 bits per heavy atom. The summed E-state index contributed by atoms with van der Waals surface area (Å²) >= 11 is 0. The Labute approximate surface area is 116 Å². The Morgan fingerprint density at radius 3 is 2.68 bits per heavy atom. The lowest BCUT2D eigenvalue weighted by Gasteiger charge is -2.43. The topological polar surface area (TPSA) is 32.5 Å². The molecular formula is C16H25N3. The van der Waals surface area contributed by atoms with Crippen molar-refractivity contribution in [3.05, 3.63) is 34.9 Å². The molecule has 0 amide bonds. The summed E-state index contributed by atoms with van der Waals surface area (Å²) in [6, 6.07) is 7.69. The number of nitrogens with zero attached hydrogens (tertiary/aromatic N) is 2. The molecule has 0 saturated carbocycles. The predicted octanol–water partition coefficient (Wildman–Crippen LogP) is 2.08. The molecule has 0 aliphatic carbocycles. The van der Waals surface area contributed by atoms with Crippen LogP contribution in [0.4, 0.5) is 0 Å². The number of aryl methyl sites for hydroxylation is 1. The summed E-state index contributed by atoms with van der Waals surface area (Å²) in [6.07, 6.45) is 2.70. The first-order valence-electron chi connectivity index (χ1n) is 7.46. The van der Waals surface area contributed by atoms with Crippen LogP contribution in [-0.2, 0) is 0 Å². The molecule has 2 aliphatic rings. The lowest BCUT2D eigenvalue weighted by Crippen LogP contribution is -2.44. The molecule has 3 nitrogen and oxygen atoms in total. The first-order chi connectivity index (χ1) is 9.22. The van der Waals surface area contributed by atoms with Gasteiger partial charge in [0.1, 0.15) is 0 Å². The van der Waals surface area contributed by atoms with E-state index in [-0.39, 0.29) is 0 Å². The third-order valence-corrected chi connectivity index (χ3v) is 4.85. The van der Waals surface area contributed by atoms with Crippen molar-refractivity contribution in [3.63, 3.8) is 0 Å². The molecule has 2 unspecified atom stereocenters. The molecule has 3 heteroatoms. The number of hydrogen-bond donors (Lipinski definition) is 1. The highest BCUT2D eigenvalue weighted by molar-refractivity contribution is 5.41. The maximum Gasteiger partial charge on any atom is 0.0478 e. The monoisotopic (exact) mass is 259 g/mol. The maximum atomic E-state index is 6.02. The minimum Gasteiger partial charge on any atom is -0.329 e. The van der Waals surface area contributed by atoms with E-state index in [4.69, 9.17) is 5.73 Å². The number of likely N-dealkylation sites (tertiary alicyclic amines) is 1. The average Bonchev–Trinajstić information content (AvgIpc) is 2.92. The van der Waals surface area contributed by atoms with E-state index in [0.29, 0.717) is 18.6 Å². The normalized spacial score (nSPS) is 28.6. The van der Waals surface area contributed by atoms with Gasteiger partial charge in [0.15, 0.2) is 0 Å². The third-order valence-electron chi connectivity index (χ3n) is 4.85. The SMILES string of the molecule is Cc1cccc2c1C(CN)N(C)CC2N1CCCC1. The molecule has 1 fully saturated rings. The van der Waals surface area contributed by atoms with Crippen LogP contribution in [0.15, 0.2) is 18.2 Å². The lowest BCUT2D eigenvalue weighted by atomic mass is 9.86. The molecule has 1 aromatic rings. The molecule has 0 radical (unpaired) electrons. The summed E-state index contributed by atoms with van der Waals surface area (Å²) in [5.41, 5.74) is 10.4. The summed E-state index contributed by atoms with van der Waals surface area (Å²) in [4.78, 5) is 5.10. The van der Waals surface area contributed by atoms with Crippen molar-refractivity contribution in [3.8, 4) is 0 Å². The number of fused-ring (bicyclic) bond motifs is 1. The number of benzene rings is 1. The van der Waals surface area contributed by atoms with Crippen LogP contribution in [0, 0.1) is 6.92 Å². The van der Waals surface area contributed by atoms with E-state index < -0.39 is 0 Å². The van der Waals surface area contributed by atoms with E-state index in [0.717, 1.165) is 6.54 Å². The maximum absolute atomic E-state index is 6.02. The van der Waals surface area contributed by atoms with E-state index >= 15 is 0 Å². The summed E-state index contributed by atoms with van der Waals surface area (Å²) in [5, 5.41) is 0. The van der Waals surface area contributed by atoms with Gasteiger partial charge in [0, 0.05) is 25.2 Å². The minimum absolute atomic E-state index is 0.384. The van der Waals surface area contributed by atoms with Gasteiger partial charge in [0.05, 0.1) is 0 Å². The second-order valence-electron chi connectivity index (χ2n) is 6.03. The van der Waals surface area contributed by atoms with Crippen LogP contribution in [0.25, 0.3) is 0 Å². The third kappa shape index (κ3) is 2.20. The first-order valence-corrected chi connectivity index (χ1v) is 7.46. The molecule has 0 aromatic heterocycles. The van der Waals surface area contributed by atoms with Gasteiger partial charge in [-0.15, -0.1) is 0 Å². The van der Waals surface area contributed by atoms with E-state index in [9.17, 15) is 0 Å². The van der Waals surface area contributed by atoms with Crippen molar-refractivity contribution in [1.29, 1.82) is 0 Å². The molecule has 2 atom stereocenters. The first kappa shape index (κ1) is 13.1. The number of hydrogen-bond acceptors (Lipinski definition) is 3. The zero-order valence-electron chi connectivity index (χ0n) is 12.1. The fourth-order valence-electron chi connectivity index (χ4n) is 3.83. The number of rotatable bonds is 2. The molecule has 1 aromatic carbocycles. The molecular weight excluding hydrogens is 234 g/mol. The Morgan fingerprint density at radius 2 is 2.00 bits per heavy atom. The lowest BCUT2D eigenvalue weighted by molar-refractivity contribution is 0.130. The van der Waals surface area contributed by atoms with Gasteiger partial charge in [-0.05, 0) is 56.6 Å².